The normalized spacial score (nSPS) is 11.1. The Bertz CT molecular complexity index is 1290. The van der Waals surface area contributed by atoms with Gasteiger partial charge in [-0.05, 0) is 78.9 Å². The number of anilines is 1. The average molecular weight is 412 g/mol. The van der Waals surface area contributed by atoms with Crippen LogP contribution in [0.3, 0.4) is 0 Å². The smallest absolute Gasteiger partial charge is 0.249 e. The zero-order valence-electron chi connectivity index (χ0n) is 17.9. The number of aromatic nitrogens is 3. The molecule has 0 saturated carbocycles. The number of carbonyl (C=O) groups excluding carboxylic acids is 1. The van der Waals surface area contributed by atoms with E-state index in [2.05, 4.69) is 27.1 Å². The van der Waals surface area contributed by atoms with Crippen molar-refractivity contribution in [3.05, 3.63) is 93.6 Å². The second-order valence-electron chi connectivity index (χ2n) is 7.97. The molecule has 0 aliphatic rings. The number of amides is 1. The van der Waals surface area contributed by atoms with Gasteiger partial charge in [0.25, 0.3) is 0 Å². The summed E-state index contributed by atoms with van der Waals surface area (Å²) >= 11 is 0. The molecule has 4 aromatic rings. The van der Waals surface area contributed by atoms with Gasteiger partial charge >= 0.3 is 0 Å². The SMILES string of the molecule is Cc1cnc2ccc(Cc3nccc(C(N)=O)c3Cc3c(C)cc(N)nc3C)cc2c1. The maximum atomic E-state index is 12.2. The predicted octanol–water partition coefficient (Wildman–Crippen LogP) is 3.81. The number of carbonyl (C=O) groups is 1. The van der Waals surface area contributed by atoms with Crippen molar-refractivity contribution in [1.82, 2.24) is 15.0 Å². The van der Waals surface area contributed by atoms with E-state index < -0.39 is 5.91 Å². The Kier molecular flexibility index (Phi) is 5.38. The summed E-state index contributed by atoms with van der Waals surface area (Å²) in [7, 11) is 0. The largest absolute Gasteiger partial charge is 0.384 e. The number of rotatable bonds is 5. The number of nitrogens with two attached hydrogens (primary N) is 2. The number of nitrogen functional groups attached to an aromatic ring is 1. The van der Waals surface area contributed by atoms with Gasteiger partial charge in [0.1, 0.15) is 5.82 Å². The van der Waals surface area contributed by atoms with Crippen LogP contribution in [0, 0.1) is 20.8 Å². The molecule has 0 fully saturated rings. The lowest BCUT2D eigenvalue weighted by atomic mass is 9.92. The summed E-state index contributed by atoms with van der Waals surface area (Å²) in [4.78, 5) is 25.7. The number of aryl methyl sites for hydroxylation is 3. The average Bonchev–Trinajstić information content (AvgIpc) is 2.71. The van der Waals surface area contributed by atoms with Crippen molar-refractivity contribution in [2.24, 2.45) is 5.73 Å². The highest BCUT2D eigenvalue weighted by Gasteiger charge is 2.17. The molecule has 3 heterocycles. The Morgan fingerprint density at radius 1 is 0.968 bits per heavy atom. The second kappa shape index (κ2) is 8.14. The van der Waals surface area contributed by atoms with Crippen LogP contribution in [0.25, 0.3) is 10.9 Å². The third-order valence-corrected chi connectivity index (χ3v) is 5.59. The molecule has 4 N–H and O–H groups in total. The Balaban J connectivity index is 1.78. The van der Waals surface area contributed by atoms with E-state index >= 15 is 0 Å². The maximum Gasteiger partial charge on any atom is 0.249 e. The number of fused-ring (bicyclic) bond motifs is 1. The van der Waals surface area contributed by atoms with Crippen molar-refractivity contribution in [2.75, 3.05) is 5.73 Å². The molecule has 0 saturated heterocycles. The molecule has 3 aromatic heterocycles. The highest BCUT2D eigenvalue weighted by Crippen LogP contribution is 2.25. The molecular weight excluding hydrogens is 386 g/mol. The van der Waals surface area contributed by atoms with E-state index in [0.29, 0.717) is 24.2 Å². The van der Waals surface area contributed by atoms with Crippen molar-refractivity contribution in [3.8, 4) is 0 Å². The first-order chi connectivity index (χ1) is 14.8. The zero-order valence-corrected chi connectivity index (χ0v) is 17.9. The molecule has 0 spiro atoms. The lowest BCUT2D eigenvalue weighted by Crippen LogP contribution is -2.17. The Morgan fingerprint density at radius 3 is 2.52 bits per heavy atom. The van der Waals surface area contributed by atoms with Crippen LogP contribution in [0.1, 0.15) is 49.6 Å². The van der Waals surface area contributed by atoms with E-state index in [1.165, 1.54) is 0 Å². The number of hydrogen-bond acceptors (Lipinski definition) is 5. The van der Waals surface area contributed by atoms with E-state index in [1.54, 1.807) is 12.3 Å². The van der Waals surface area contributed by atoms with Crippen molar-refractivity contribution >= 4 is 22.6 Å². The minimum Gasteiger partial charge on any atom is -0.384 e. The van der Waals surface area contributed by atoms with E-state index in [-0.39, 0.29) is 0 Å². The van der Waals surface area contributed by atoms with Gasteiger partial charge in [0.05, 0.1) is 5.52 Å². The Hall–Kier alpha value is -3.80. The monoisotopic (exact) mass is 411 g/mol. The van der Waals surface area contributed by atoms with Gasteiger partial charge < -0.3 is 11.5 Å². The fraction of sp³-hybridized carbons (Fsp3) is 0.200. The van der Waals surface area contributed by atoms with Crippen molar-refractivity contribution in [2.45, 2.75) is 33.6 Å². The molecule has 6 heteroatoms. The first-order valence-corrected chi connectivity index (χ1v) is 10.2. The second-order valence-corrected chi connectivity index (χ2v) is 7.97. The minimum atomic E-state index is -0.462. The number of hydrogen-bond donors (Lipinski definition) is 2. The quantitative estimate of drug-likeness (QED) is 0.519. The molecule has 0 atom stereocenters. The van der Waals surface area contributed by atoms with E-state index in [9.17, 15) is 4.79 Å². The summed E-state index contributed by atoms with van der Waals surface area (Å²) in [5.41, 5.74) is 19.8. The van der Waals surface area contributed by atoms with Crippen molar-refractivity contribution in [3.63, 3.8) is 0 Å². The van der Waals surface area contributed by atoms with Crippen LogP contribution in [0.2, 0.25) is 0 Å². The first kappa shape index (κ1) is 20.5. The topological polar surface area (TPSA) is 108 Å². The maximum absolute atomic E-state index is 12.2. The van der Waals surface area contributed by atoms with Gasteiger partial charge in [0.15, 0.2) is 0 Å². The number of pyridine rings is 3. The number of benzene rings is 1. The van der Waals surface area contributed by atoms with Gasteiger partial charge in [-0.2, -0.15) is 0 Å². The lowest BCUT2D eigenvalue weighted by Gasteiger charge is -2.16. The van der Waals surface area contributed by atoms with E-state index in [0.717, 1.165) is 50.1 Å². The van der Waals surface area contributed by atoms with Gasteiger partial charge in [-0.3, -0.25) is 14.8 Å². The standard InChI is InChI=1S/C25H25N5O/c1-14-8-18-10-17(4-5-22(18)29-13-14)11-23-21(19(25(27)31)6-7-28-23)12-20-15(2)9-24(26)30-16(20)3/h4-10,13H,11-12H2,1-3H3,(H2,26,30)(H2,27,31). The molecule has 0 radical (unpaired) electrons. The molecule has 4 rings (SSSR count). The highest BCUT2D eigenvalue weighted by atomic mass is 16.1. The van der Waals surface area contributed by atoms with Crippen LogP contribution in [0.15, 0.2) is 48.8 Å². The van der Waals surface area contributed by atoms with Gasteiger partial charge in [0, 0.05) is 47.6 Å². The molecule has 6 nitrogen and oxygen atoms in total. The van der Waals surface area contributed by atoms with Crippen LogP contribution in [0.4, 0.5) is 5.82 Å². The van der Waals surface area contributed by atoms with Gasteiger partial charge in [0.2, 0.25) is 5.91 Å². The van der Waals surface area contributed by atoms with Crippen LogP contribution < -0.4 is 11.5 Å². The van der Waals surface area contributed by atoms with Crippen LogP contribution in [0.5, 0.6) is 0 Å². The summed E-state index contributed by atoms with van der Waals surface area (Å²) in [5, 5.41) is 1.08. The summed E-state index contributed by atoms with van der Waals surface area (Å²) in [5.74, 6) is 0.0241. The van der Waals surface area contributed by atoms with Crippen LogP contribution in [-0.4, -0.2) is 20.9 Å². The molecule has 0 aliphatic heterocycles. The minimum absolute atomic E-state index is 0.462. The van der Waals surface area contributed by atoms with E-state index in [4.69, 9.17) is 11.5 Å². The fourth-order valence-corrected chi connectivity index (χ4v) is 4.04. The van der Waals surface area contributed by atoms with Gasteiger partial charge in [-0.15, -0.1) is 0 Å². The molecular formula is C25H25N5O. The van der Waals surface area contributed by atoms with Gasteiger partial charge in [-0.1, -0.05) is 6.07 Å². The zero-order chi connectivity index (χ0) is 22.1. The first-order valence-electron chi connectivity index (χ1n) is 10.2. The van der Waals surface area contributed by atoms with E-state index in [1.807, 2.05) is 45.2 Å². The molecule has 1 amide bonds. The van der Waals surface area contributed by atoms with Crippen LogP contribution in [-0.2, 0) is 12.8 Å². The predicted molar refractivity (Wildman–Crippen MR) is 123 cm³/mol. The summed E-state index contributed by atoms with van der Waals surface area (Å²) in [6.07, 6.45) is 4.61. The van der Waals surface area contributed by atoms with Crippen LogP contribution >= 0.6 is 0 Å². The molecule has 0 unspecified atom stereocenters. The third kappa shape index (κ3) is 4.23. The Labute approximate surface area is 181 Å². The molecule has 0 aliphatic carbocycles. The highest BCUT2D eigenvalue weighted by molar-refractivity contribution is 5.94. The molecule has 1 aromatic carbocycles. The third-order valence-electron chi connectivity index (χ3n) is 5.59. The Morgan fingerprint density at radius 2 is 1.77 bits per heavy atom. The van der Waals surface area contributed by atoms with Crippen molar-refractivity contribution < 1.29 is 4.79 Å². The molecule has 31 heavy (non-hydrogen) atoms. The molecule has 0 bridgehead atoms. The van der Waals surface area contributed by atoms with Gasteiger partial charge in [-0.25, -0.2) is 4.98 Å². The number of primary amides is 1. The molecule has 156 valence electrons. The summed E-state index contributed by atoms with van der Waals surface area (Å²) < 4.78 is 0. The van der Waals surface area contributed by atoms with Crippen molar-refractivity contribution in [1.29, 1.82) is 0 Å². The number of nitrogens with zero attached hydrogens (tertiary/aromatic N) is 3. The fourth-order valence-electron chi connectivity index (χ4n) is 4.04. The summed E-state index contributed by atoms with van der Waals surface area (Å²) in [6.45, 7) is 5.96. The summed E-state index contributed by atoms with van der Waals surface area (Å²) in [6, 6.07) is 11.8. The lowest BCUT2D eigenvalue weighted by molar-refractivity contribution is 0.0999.